The summed E-state index contributed by atoms with van der Waals surface area (Å²) >= 11 is 0. The van der Waals surface area contributed by atoms with Gasteiger partial charge < -0.3 is 10.0 Å². The number of hydrogen-bond donors (Lipinski definition) is 1. The van der Waals surface area contributed by atoms with E-state index in [1.165, 1.54) is 0 Å². The van der Waals surface area contributed by atoms with Crippen LogP contribution in [-0.2, 0) is 0 Å². The molecule has 0 bridgehead atoms. The summed E-state index contributed by atoms with van der Waals surface area (Å²) in [5, 5.41) is 18.7. The lowest BCUT2D eigenvalue weighted by molar-refractivity contribution is 0.112. The summed E-state index contributed by atoms with van der Waals surface area (Å²) in [6.45, 7) is 1.39. The highest BCUT2D eigenvalue weighted by Gasteiger charge is 2.20. The van der Waals surface area contributed by atoms with E-state index in [4.69, 9.17) is 5.26 Å². The molecule has 1 aliphatic heterocycles. The molecule has 1 saturated heterocycles. The molecule has 0 spiro atoms. The largest absolute Gasteiger partial charge is 0.391 e. The van der Waals surface area contributed by atoms with Gasteiger partial charge in [0.05, 0.1) is 17.4 Å². The van der Waals surface area contributed by atoms with Crippen LogP contribution in [0.4, 0.5) is 5.69 Å². The first kappa shape index (κ1) is 11.6. The average Bonchev–Trinajstić information content (AvgIpc) is 2.38. The average molecular weight is 230 g/mol. The van der Waals surface area contributed by atoms with E-state index in [-0.39, 0.29) is 6.10 Å². The Morgan fingerprint density at radius 3 is 3.00 bits per heavy atom. The number of aliphatic hydroxyl groups is 1. The van der Waals surface area contributed by atoms with Crippen LogP contribution in [0.15, 0.2) is 18.2 Å². The van der Waals surface area contributed by atoms with Crippen LogP contribution in [0.25, 0.3) is 0 Å². The molecule has 1 atom stereocenters. The van der Waals surface area contributed by atoms with Gasteiger partial charge in [-0.15, -0.1) is 0 Å². The maximum Gasteiger partial charge on any atom is 0.150 e. The molecule has 0 aliphatic carbocycles. The van der Waals surface area contributed by atoms with Crippen molar-refractivity contribution in [2.45, 2.75) is 18.9 Å². The summed E-state index contributed by atoms with van der Waals surface area (Å²) in [6, 6.07) is 7.16. The van der Waals surface area contributed by atoms with Crippen LogP contribution in [0.2, 0.25) is 0 Å². The Morgan fingerprint density at radius 1 is 1.53 bits per heavy atom. The van der Waals surface area contributed by atoms with Crippen LogP contribution in [0, 0.1) is 11.3 Å². The molecule has 0 saturated carbocycles. The number of benzene rings is 1. The van der Waals surface area contributed by atoms with Crippen molar-refractivity contribution in [3.05, 3.63) is 29.3 Å². The fourth-order valence-corrected chi connectivity index (χ4v) is 2.17. The van der Waals surface area contributed by atoms with Crippen molar-refractivity contribution in [1.82, 2.24) is 0 Å². The van der Waals surface area contributed by atoms with E-state index in [0.29, 0.717) is 17.7 Å². The van der Waals surface area contributed by atoms with Crippen LogP contribution in [0.1, 0.15) is 28.8 Å². The van der Waals surface area contributed by atoms with E-state index in [0.717, 1.165) is 31.4 Å². The molecule has 4 heteroatoms. The number of anilines is 1. The number of aliphatic hydroxyl groups excluding tert-OH is 1. The van der Waals surface area contributed by atoms with E-state index in [1.54, 1.807) is 18.2 Å². The Bertz CT molecular complexity index is 465. The second kappa shape index (κ2) is 4.98. The van der Waals surface area contributed by atoms with E-state index in [9.17, 15) is 9.90 Å². The molecule has 0 aromatic heterocycles. The topological polar surface area (TPSA) is 64.3 Å². The van der Waals surface area contributed by atoms with Crippen LogP contribution in [-0.4, -0.2) is 30.6 Å². The SMILES string of the molecule is N#Cc1cc(C=O)ccc1N1CCCC(O)C1. The Hall–Kier alpha value is -1.86. The van der Waals surface area contributed by atoms with E-state index in [1.807, 2.05) is 4.90 Å². The maximum atomic E-state index is 10.7. The van der Waals surface area contributed by atoms with Crippen molar-refractivity contribution < 1.29 is 9.90 Å². The van der Waals surface area contributed by atoms with Gasteiger partial charge in [-0.3, -0.25) is 4.79 Å². The van der Waals surface area contributed by atoms with Crippen molar-refractivity contribution in [1.29, 1.82) is 5.26 Å². The zero-order chi connectivity index (χ0) is 12.3. The van der Waals surface area contributed by atoms with Gasteiger partial charge in [-0.25, -0.2) is 0 Å². The lowest BCUT2D eigenvalue weighted by atomic mass is 10.0. The Labute approximate surface area is 100 Å². The van der Waals surface area contributed by atoms with Crippen molar-refractivity contribution >= 4 is 12.0 Å². The van der Waals surface area contributed by atoms with E-state index >= 15 is 0 Å². The third-order valence-corrected chi connectivity index (χ3v) is 3.01. The van der Waals surface area contributed by atoms with Gasteiger partial charge in [0.1, 0.15) is 12.4 Å². The third kappa shape index (κ3) is 2.45. The van der Waals surface area contributed by atoms with Crippen LogP contribution in [0.5, 0.6) is 0 Å². The standard InChI is InChI=1S/C13H14N2O2/c14-7-11-6-10(9-16)3-4-13(11)15-5-1-2-12(17)8-15/h3-4,6,9,12,17H,1-2,5,8H2. The molecule has 1 aromatic carbocycles. The number of aldehydes is 1. The van der Waals surface area contributed by atoms with Crippen LogP contribution < -0.4 is 4.90 Å². The number of rotatable bonds is 2. The fourth-order valence-electron chi connectivity index (χ4n) is 2.17. The quantitative estimate of drug-likeness (QED) is 0.778. The molecular weight excluding hydrogens is 216 g/mol. The highest BCUT2D eigenvalue weighted by atomic mass is 16.3. The van der Waals surface area contributed by atoms with Gasteiger partial charge >= 0.3 is 0 Å². The van der Waals surface area contributed by atoms with Crippen LogP contribution in [0.3, 0.4) is 0 Å². The highest BCUT2D eigenvalue weighted by molar-refractivity contribution is 5.78. The molecule has 1 unspecified atom stereocenters. The van der Waals surface area contributed by atoms with E-state index in [2.05, 4.69) is 6.07 Å². The summed E-state index contributed by atoms with van der Waals surface area (Å²) in [5.74, 6) is 0. The van der Waals surface area contributed by atoms with Gasteiger partial charge in [0.15, 0.2) is 0 Å². The second-order valence-electron chi connectivity index (χ2n) is 4.25. The minimum atomic E-state index is -0.332. The molecule has 17 heavy (non-hydrogen) atoms. The predicted molar refractivity (Wildman–Crippen MR) is 64.0 cm³/mol. The minimum Gasteiger partial charge on any atom is -0.391 e. The molecule has 2 rings (SSSR count). The molecular formula is C13H14N2O2. The summed E-state index contributed by atoms with van der Waals surface area (Å²) in [6.07, 6.45) is 2.13. The van der Waals surface area contributed by atoms with E-state index < -0.39 is 0 Å². The number of nitrogens with zero attached hydrogens (tertiary/aromatic N) is 2. The van der Waals surface area contributed by atoms with Gasteiger partial charge in [0, 0.05) is 18.7 Å². The molecule has 0 amide bonds. The summed E-state index contributed by atoms with van der Waals surface area (Å²) < 4.78 is 0. The number of β-amino-alcohol motifs (C(OH)–C–C–N with tert-alkyl or cyclic N) is 1. The lowest BCUT2D eigenvalue weighted by Gasteiger charge is -2.32. The zero-order valence-corrected chi connectivity index (χ0v) is 9.47. The van der Waals surface area contributed by atoms with Crippen molar-refractivity contribution in [2.24, 2.45) is 0 Å². The second-order valence-corrected chi connectivity index (χ2v) is 4.25. The summed E-state index contributed by atoms with van der Waals surface area (Å²) in [4.78, 5) is 12.7. The van der Waals surface area contributed by atoms with Gasteiger partial charge in [-0.1, -0.05) is 0 Å². The fraction of sp³-hybridized carbons (Fsp3) is 0.385. The summed E-state index contributed by atoms with van der Waals surface area (Å²) in [7, 11) is 0. The Morgan fingerprint density at radius 2 is 2.35 bits per heavy atom. The minimum absolute atomic E-state index is 0.332. The first-order valence-corrected chi connectivity index (χ1v) is 5.67. The molecule has 1 aromatic rings. The maximum absolute atomic E-state index is 10.7. The van der Waals surface area contributed by atoms with Crippen LogP contribution >= 0.6 is 0 Å². The lowest BCUT2D eigenvalue weighted by Crippen LogP contribution is -2.38. The number of hydrogen-bond acceptors (Lipinski definition) is 4. The number of piperidine rings is 1. The van der Waals surface area contributed by atoms with Crippen molar-refractivity contribution in [2.75, 3.05) is 18.0 Å². The summed E-state index contributed by atoms with van der Waals surface area (Å²) in [5.41, 5.74) is 1.79. The molecule has 1 aliphatic rings. The normalized spacial score (nSPS) is 19.8. The van der Waals surface area contributed by atoms with Crippen molar-refractivity contribution in [3.8, 4) is 6.07 Å². The Kier molecular flexibility index (Phi) is 3.40. The molecule has 4 nitrogen and oxygen atoms in total. The molecule has 0 radical (unpaired) electrons. The Balaban J connectivity index is 2.31. The smallest absolute Gasteiger partial charge is 0.150 e. The first-order chi connectivity index (χ1) is 8.24. The first-order valence-electron chi connectivity index (χ1n) is 5.67. The molecule has 1 fully saturated rings. The molecule has 1 N–H and O–H groups in total. The molecule has 1 heterocycles. The zero-order valence-electron chi connectivity index (χ0n) is 9.47. The van der Waals surface area contributed by atoms with Crippen molar-refractivity contribution in [3.63, 3.8) is 0 Å². The van der Waals surface area contributed by atoms with Gasteiger partial charge in [0.25, 0.3) is 0 Å². The molecule has 88 valence electrons. The van der Waals surface area contributed by atoms with Gasteiger partial charge in [0.2, 0.25) is 0 Å². The highest BCUT2D eigenvalue weighted by Crippen LogP contribution is 2.24. The monoisotopic (exact) mass is 230 g/mol. The van der Waals surface area contributed by atoms with Gasteiger partial charge in [-0.2, -0.15) is 5.26 Å². The van der Waals surface area contributed by atoms with Gasteiger partial charge in [-0.05, 0) is 31.0 Å². The number of nitriles is 1. The predicted octanol–water partition coefficient (Wildman–Crippen LogP) is 1.33. The third-order valence-electron chi connectivity index (χ3n) is 3.01. The number of carbonyl (C=O) groups excluding carboxylic acids is 1. The number of carbonyl (C=O) groups is 1.